The first-order chi connectivity index (χ1) is 9.43. The van der Waals surface area contributed by atoms with Crippen molar-refractivity contribution in [1.82, 2.24) is 9.99 Å². The number of morpholine rings is 1. The van der Waals surface area contributed by atoms with Crippen LogP contribution in [0.3, 0.4) is 0 Å². The number of hydrogen-bond acceptors (Lipinski definition) is 4. The number of hydrogen-bond donors (Lipinski definition) is 0. The maximum absolute atomic E-state index is 5.36. The molecular formula is C14H19N4O. The van der Waals surface area contributed by atoms with Gasteiger partial charge in [-0.1, -0.05) is 0 Å². The molecule has 0 saturated carbocycles. The third-order valence-electron chi connectivity index (χ3n) is 3.46. The summed E-state index contributed by atoms with van der Waals surface area (Å²) >= 11 is 0. The zero-order valence-corrected chi connectivity index (χ0v) is 11.1. The molecule has 101 valence electrons. The highest BCUT2D eigenvalue weighted by atomic mass is 16.5. The van der Waals surface area contributed by atoms with Crippen LogP contribution in [0, 0.1) is 6.07 Å². The van der Waals surface area contributed by atoms with Crippen molar-refractivity contribution in [2.75, 3.05) is 37.7 Å². The van der Waals surface area contributed by atoms with Gasteiger partial charge in [0.15, 0.2) is 0 Å². The first-order valence-electron chi connectivity index (χ1n) is 6.93. The average Bonchev–Trinajstić information content (AvgIpc) is 2.50. The topological polar surface area (TPSA) is 41.0 Å². The lowest BCUT2D eigenvalue weighted by Gasteiger charge is -2.32. The Labute approximate surface area is 113 Å². The smallest absolute Gasteiger partial charge is 0.133 e. The summed E-state index contributed by atoms with van der Waals surface area (Å²) in [4.78, 5) is 6.62. The van der Waals surface area contributed by atoms with Gasteiger partial charge >= 0.3 is 0 Å². The van der Waals surface area contributed by atoms with Crippen molar-refractivity contribution in [2.45, 2.75) is 19.3 Å². The van der Waals surface area contributed by atoms with E-state index in [0.29, 0.717) is 0 Å². The Morgan fingerprint density at radius 3 is 2.89 bits per heavy atom. The molecule has 5 nitrogen and oxygen atoms in total. The number of amidine groups is 1. The van der Waals surface area contributed by atoms with E-state index in [2.05, 4.69) is 21.0 Å². The minimum Gasteiger partial charge on any atom is -0.378 e. The SMILES string of the molecule is [c]1ccc(N2CCCC/C2=N/N2CCOCC2)nc1. The Bertz CT molecular complexity index is 428. The van der Waals surface area contributed by atoms with Crippen LogP contribution in [-0.2, 0) is 4.74 Å². The monoisotopic (exact) mass is 259 g/mol. The molecule has 0 N–H and O–H groups in total. The van der Waals surface area contributed by atoms with Crippen molar-refractivity contribution in [3.8, 4) is 0 Å². The second-order valence-electron chi connectivity index (χ2n) is 4.81. The Hall–Kier alpha value is -1.62. The molecule has 0 unspecified atom stereocenters. The summed E-state index contributed by atoms with van der Waals surface area (Å²) in [6, 6.07) is 6.87. The van der Waals surface area contributed by atoms with Crippen LogP contribution in [0.4, 0.5) is 5.82 Å². The normalized spacial score (nSPS) is 22.8. The summed E-state index contributed by atoms with van der Waals surface area (Å²) in [5.41, 5.74) is 0. The molecule has 1 aromatic rings. The van der Waals surface area contributed by atoms with Gasteiger partial charge in [0.2, 0.25) is 0 Å². The number of hydrazone groups is 1. The lowest BCUT2D eigenvalue weighted by molar-refractivity contribution is 0.0391. The summed E-state index contributed by atoms with van der Waals surface area (Å²) in [5, 5.41) is 6.92. The molecule has 1 radical (unpaired) electrons. The van der Waals surface area contributed by atoms with E-state index in [9.17, 15) is 0 Å². The fraction of sp³-hybridized carbons (Fsp3) is 0.571. The van der Waals surface area contributed by atoms with E-state index in [4.69, 9.17) is 9.84 Å². The Morgan fingerprint density at radius 1 is 1.21 bits per heavy atom. The van der Waals surface area contributed by atoms with Crippen LogP contribution in [0.1, 0.15) is 19.3 Å². The fourth-order valence-electron chi connectivity index (χ4n) is 2.46. The molecule has 3 heterocycles. The molecule has 5 heteroatoms. The van der Waals surface area contributed by atoms with Crippen molar-refractivity contribution >= 4 is 11.7 Å². The molecule has 2 fully saturated rings. The molecule has 2 aliphatic rings. The van der Waals surface area contributed by atoms with Crippen LogP contribution in [0.15, 0.2) is 23.4 Å². The highest BCUT2D eigenvalue weighted by molar-refractivity contribution is 5.97. The van der Waals surface area contributed by atoms with Gasteiger partial charge in [0.1, 0.15) is 11.7 Å². The molecule has 0 bridgehead atoms. The Morgan fingerprint density at radius 2 is 2.11 bits per heavy atom. The predicted molar refractivity (Wildman–Crippen MR) is 74.1 cm³/mol. The second kappa shape index (κ2) is 6.02. The van der Waals surface area contributed by atoms with Crippen LogP contribution in [0.25, 0.3) is 0 Å². The third kappa shape index (κ3) is 3.04. The van der Waals surface area contributed by atoms with Gasteiger partial charge in [-0.05, 0) is 25.0 Å². The lowest BCUT2D eigenvalue weighted by Crippen LogP contribution is -2.40. The number of pyridine rings is 1. The summed E-state index contributed by atoms with van der Waals surface area (Å²) in [7, 11) is 0. The van der Waals surface area contributed by atoms with Gasteiger partial charge < -0.3 is 9.64 Å². The van der Waals surface area contributed by atoms with E-state index in [1.165, 1.54) is 12.8 Å². The summed E-state index contributed by atoms with van der Waals surface area (Å²) in [5.74, 6) is 2.11. The number of anilines is 1. The molecule has 3 rings (SSSR count). The molecular weight excluding hydrogens is 240 g/mol. The van der Waals surface area contributed by atoms with E-state index in [0.717, 1.165) is 50.9 Å². The van der Waals surface area contributed by atoms with E-state index < -0.39 is 0 Å². The first kappa shape index (κ1) is 12.4. The standard InChI is InChI=1S/C14H19N4O/c1-3-7-15-13(5-1)18-8-4-2-6-14(18)16-17-9-11-19-12-10-17/h1,5,7H,2,4,6,8-12H2/b16-14-. The van der Waals surface area contributed by atoms with Crippen molar-refractivity contribution in [3.05, 3.63) is 24.4 Å². The number of nitrogens with zero attached hydrogens (tertiary/aromatic N) is 4. The molecule has 0 amide bonds. The van der Waals surface area contributed by atoms with E-state index >= 15 is 0 Å². The fourth-order valence-corrected chi connectivity index (χ4v) is 2.46. The highest BCUT2D eigenvalue weighted by Gasteiger charge is 2.20. The largest absolute Gasteiger partial charge is 0.378 e. The zero-order valence-electron chi connectivity index (χ0n) is 11.1. The number of rotatable bonds is 2. The molecule has 2 saturated heterocycles. The number of ether oxygens (including phenoxy) is 1. The van der Waals surface area contributed by atoms with Gasteiger partial charge in [-0.15, -0.1) is 0 Å². The van der Waals surface area contributed by atoms with Gasteiger partial charge in [-0.3, -0.25) is 5.01 Å². The van der Waals surface area contributed by atoms with Crippen molar-refractivity contribution < 1.29 is 4.74 Å². The van der Waals surface area contributed by atoms with Crippen LogP contribution in [-0.4, -0.2) is 48.7 Å². The van der Waals surface area contributed by atoms with Gasteiger partial charge in [0, 0.05) is 25.2 Å². The number of piperidine rings is 1. The minimum atomic E-state index is 0.773. The zero-order chi connectivity index (χ0) is 12.9. The summed E-state index contributed by atoms with van der Waals surface area (Å²) < 4.78 is 5.36. The van der Waals surface area contributed by atoms with E-state index in [-0.39, 0.29) is 0 Å². The van der Waals surface area contributed by atoms with Crippen LogP contribution < -0.4 is 4.90 Å². The minimum absolute atomic E-state index is 0.773. The molecule has 0 atom stereocenters. The molecule has 19 heavy (non-hydrogen) atoms. The van der Waals surface area contributed by atoms with Crippen molar-refractivity contribution in [2.24, 2.45) is 5.10 Å². The van der Waals surface area contributed by atoms with Gasteiger partial charge in [0.05, 0.1) is 26.3 Å². The van der Waals surface area contributed by atoms with Crippen LogP contribution in [0.2, 0.25) is 0 Å². The molecule has 0 aliphatic carbocycles. The van der Waals surface area contributed by atoms with Crippen LogP contribution >= 0.6 is 0 Å². The molecule has 0 aromatic carbocycles. The van der Waals surface area contributed by atoms with Crippen molar-refractivity contribution in [3.63, 3.8) is 0 Å². The van der Waals surface area contributed by atoms with E-state index in [1.807, 2.05) is 12.1 Å². The molecule has 2 aliphatic heterocycles. The number of aromatic nitrogens is 1. The predicted octanol–water partition coefficient (Wildman–Crippen LogP) is 1.52. The highest BCUT2D eigenvalue weighted by Crippen LogP contribution is 2.19. The van der Waals surface area contributed by atoms with Gasteiger partial charge in [0.25, 0.3) is 0 Å². The second-order valence-corrected chi connectivity index (χ2v) is 4.81. The molecule has 0 spiro atoms. The Kier molecular flexibility index (Phi) is 3.93. The Balaban J connectivity index is 1.78. The molecule has 1 aromatic heterocycles. The summed E-state index contributed by atoms with van der Waals surface area (Å²) in [6.45, 7) is 4.31. The van der Waals surface area contributed by atoms with Gasteiger partial charge in [-0.25, -0.2) is 4.98 Å². The van der Waals surface area contributed by atoms with Gasteiger partial charge in [-0.2, -0.15) is 5.10 Å². The van der Waals surface area contributed by atoms with Crippen LogP contribution in [0.5, 0.6) is 0 Å². The summed E-state index contributed by atoms with van der Waals surface area (Å²) in [6.07, 6.45) is 5.15. The van der Waals surface area contributed by atoms with Crippen molar-refractivity contribution in [1.29, 1.82) is 0 Å². The quantitative estimate of drug-likeness (QED) is 0.807. The first-order valence-corrected chi connectivity index (χ1v) is 6.93. The van der Waals surface area contributed by atoms with E-state index in [1.54, 1.807) is 6.20 Å². The maximum atomic E-state index is 5.36. The maximum Gasteiger partial charge on any atom is 0.133 e. The lowest BCUT2D eigenvalue weighted by atomic mass is 10.1. The third-order valence-corrected chi connectivity index (χ3v) is 3.46. The average molecular weight is 259 g/mol.